The van der Waals surface area contributed by atoms with Gasteiger partial charge in [0.15, 0.2) is 0 Å². The molecule has 1 aliphatic heterocycles. The molecule has 0 bridgehead atoms. The number of fused-ring (bicyclic) bond motifs is 1. The molecule has 0 aromatic carbocycles. The Balaban J connectivity index is 1.84. The molecule has 0 saturated heterocycles. The van der Waals surface area contributed by atoms with Gasteiger partial charge in [-0.1, -0.05) is 0 Å². The number of carbonyl (C=O) groups excluding carboxylic acids is 1. The number of rotatable bonds is 1. The van der Waals surface area contributed by atoms with Crippen LogP contribution in [-0.4, -0.2) is 42.9 Å². The van der Waals surface area contributed by atoms with Crippen molar-refractivity contribution in [3.05, 3.63) is 24.3 Å². The summed E-state index contributed by atoms with van der Waals surface area (Å²) in [5, 5.41) is 4.36. The number of amides is 1. The summed E-state index contributed by atoms with van der Waals surface area (Å²) in [6, 6.07) is 0. The van der Waals surface area contributed by atoms with E-state index >= 15 is 0 Å². The molecule has 2 aromatic rings. The third kappa shape index (κ3) is 3.25. The van der Waals surface area contributed by atoms with Crippen molar-refractivity contribution in [2.75, 3.05) is 12.3 Å². The van der Waals surface area contributed by atoms with Crippen LogP contribution >= 0.6 is 0 Å². The van der Waals surface area contributed by atoms with Crippen molar-refractivity contribution in [2.24, 2.45) is 0 Å². The Morgan fingerprint density at radius 1 is 1.22 bits per heavy atom. The SMILES string of the molecule is CC(C)(C)OC(=O)N1CCn2ncc(-c3cnc(N)cn3)c2C1. The Bertz CT molecular complexity index is 717. The molecule has 0 unspecified atom stereocenters. The third-order valence-corrected chi connectivity index (χ3v) is 3.47. The van der Waals surface area contributed by atoms with Crippen LogP contribution in [0, 0.1) is 0 Å². The Kier molecular flexibility index (Phi) is 3.67. The zero-order valence-corrected chi connectivity index (χ0v) is 13.5. The minimum absolute atomic E-state index is 0.320. The highest BCUT2D eigenvalue weighted by molar-refractivity contribution is 5.69. The average molecular weight is 316 g/mol. The first-order chi connectivity index (χ1) is 10.8. The predicted octanol–water partition coefficient (Wildman–Crippen LogP) is 1.67. The first kappa shape index (κ1) is 15.3. The van der Waals surface area contributed by atoms with Gasteiger partial charge in [0.05, 0.1) is 43.1 Å². The van der Waals surface area contributed by atoms with Crippen molar-refractivity contribution in [3.63, 3.8) is 0 Å². The molecule has 0 spiro atoms. The Morgan fingerprint density at radius 3 is 2.65 bits per heavy atom. The molecule has 0 saturated carbocycles. The lowest BCUT2D eigenvalue weighted by Gasteiger charge is -2.30. The van der Waals surface area contributed by atoms with Crippen molar-refractivity contribution >= 4 is 11.9 Å². The Labute approximate surface area is 134 Å². The number of hydrogen-bond acceptors (Lipinski definition) is 6. The number of nitrogens with zero attached hydrogens (tertiary/aromatic N) is 5. The molecule has 1 amide bonds. The lowest BCUT2D eigenvalue weighted by Crippen LogP contribution is -2.41. The highest BCUT2D eigenvalue weighted by Gasteiger charge is 2.28. The van der Waals surface area contributed by atoms with Crippen LogP contribution in [0.2, 0.25) is 0 Å². The third-order valence-electron chi connectivity index (χ3n) is 3.47. The second-order valence-corrected chi connectivity index (χ2v) is 6.46. The number of aromatic nitrogens is 4. The lowest BCUT2D eigenvalue weighted by molar-refractivity contribution is 0.0195. The summed E-state index contributed by atoms with van der Waals surface area (Å²) in [5.74, 6) is 0.366. The first-order valence-electron chi connectivity index (χ1n) is 7.44. The largest absolute Gasteiger partial charge is 0.444 e. The molecule has 2 aromatic heterocycles. The number of anilines is 1. The number of hydrogen-bond donors (Lipinski definition) is 1. The summed E-state index contributed by atoms with van der Waals surface area (Å²) in [7, 11) is 0. The van der Waals surface area contributed by atoms with E-state index in [9.17, 15) is 4.79 Å². The second kappa shape index (κ2) is 5.53. The van der Waals surface area contributed by atoms with Gasteiger partial charge in [-0.15, -0.1) is 0 Å². The molecule has 3 rings (SSSR count). The fourth-order valence-electron chi connectivity index (χ4n) is 2.42. The first-order valence-corrected chi connectivity index (χ1v) is 7.44. The summed E-state index contributed by atoms with van der Waals surface area (Å²) in [6.45, 7) is 7.18. The van der Waals surface area contributed by atoms with E-state index in [1.807, 2.05) is 25.5 Å². The standard InChI is InChI=1S/C15H20N6O2/c1-15(2,3)23-14(22)20-4-5-21-12(9-20)10(6-19-21)11-7-18-13(16)8-17-11/h6-8H,4-5,9H2,1-3H3,(H2,16,18). The van der Waals surface area contributed by atoms with Crippen molar-refractivity contribution in [1.82, 2.24) is 24.6 Å². The van der Waals surface area contributed by atoms with Gasteiger partial charge in [-0.3, -0.25) is 9.67 Å². The normalized spacial score (nSPS) is 14.5. The highest BCUT2D eigenvalue weighted by Crippen LogP contribution is 2.26. The summed E-state index contributed by atoms with van der Waals surface area (Å²) in [5.41, 5.74) is 7.52. The van der Waals surface area contributed by atoms with Crippen LogP contribution in [0.4, 0.5) is 10.6 Å². The number of nitrogens with two attached hydrogens (primary N) is 1. The topological polar surface area (TPSA) is 99.2 Å². The van der Waals surface area contributed by atoms with Crippen LogP contribution in [-0.2, 0) is 17.8 Å². The second-order valence-electron chi connectivity index (χ2n) is 6.46. The molecule has 0 radical (unpaired) electrons. The van der Waals surface area contributed by atoms with Crippen molar-refractivity contribution in [1.29, 1.82) is 0 Å². The van der Waals surface area contributed by atoms with Gasteiger partial charge in [0, 0.05) is 12.1 Å². The number of nitrogen functional groups attached to an aromatic ring is 1. The van der Waals surface area contributed by atoms with Gasteiger partial charge >= 0.3 is 6.09 Å². The molecule has 1 aliphatic rings. The van der Waals surface area contributed by atoms with Gasteiger partial charge < -0.3 is 15.4 Å². The van der Waals surface area contributed by atoms with E-state index in [0.717, 1.165) is 11.3 Å². The molecule has 8 heteroatoms. The highest BCUT2D eigenvalue weighted by atomic mass is 16.6. The van der Waals surface area contributed by atoms with Crippen LogP contribution < -0.4 is 5.73 Å². The summed E-state index contributed by atoms with van der Waals surface area (Å²) < 4.78 is 7.33. The molecule has 0 fully saturated rings. The van der Waals surface area contributed by atoms with Crippen molar-refractivity contribution < 1.29 is 9.53 Å². The van der Waals surface area contributed by atoms with E-state index in [-0.39, 0.29) is 6.09 Å². The van der Waals surface area contributed by atoms with Gasteiger partial charge in [0.1, 0.15) is 11.4 Å². The number of carbonyl (C=O) groups is 1. The monoisotopic (exact) mass is 316 g/mol. The van der Waals surface area contributed by atoms with Gasteiger partial charge in [-0.05, 0) is 20.8 Å². The minimum atomic E-state index is -0.514. The van der Waals surface area contributed by atoms with E-state index < -0.39 is 5.60 Å². The molecule has 3 heterocycles. The summed E-state index contributed by atoms with van der Waals surface area (Å²) in [4.78, 5) is 22.3. The van der Waals surface area contributed by atoms with Crippen molar-refractivity contribution in [2.45, 2.75) is 39.5 Å². The van der Waals surface area contributed by atoms with Crippen LogP contribution in [0.5, 0.6) is 0 Å². The Morgan fingerprint density at radius 2 is 2.00 bits per heavy atom. The molecule has 0 aliphatic carbocycles. The molecule has 2 N–H and O–H groups in total. The van der Waals surface area contributed by atoms with E-state index in [2.05, 4.69) is 15.1 Å². The fraction of sp³-hybridized carbons (Fsp3) is 0.467. The smallest absolute Gasteiger partial charge is 0.410 e. The maximum atomic E-state index is 12.3. The zero-order chi connectivity index (χ0) is 16.6. The van der Waals surface area contributed by atoms with E-state index in [1.165, 1.54) is 6.20 Å². The van der Waals surface area contributed by atoms with Crippen LogP contribution in [0.1, 0.15) is 26.5 Å². The minimum Gasteiger partial charge on any atom is -0.444 e. The summed E-state index contributed by atoms with van der Waals surface area (Å²) in [6.07, 6.45) is 4.54. The maximum absolute atomic E-state index is 12.3. The Hall–Kier alpha value is -2.64. The molecule has 23 heavy (non-hydrogen) atoms. The van der Waals surface area contributed by atoms with Crippen molar-refractivity contribution in [3.8, 4) is 11.3 Å². The lowest BCUT2D eigenvalue weighted by atomic mass is 10.1. The predicted molar refractivity (Wildman–Crippen MR) is 84.3 cm³/mol. The van der Waals surface area contributed by atoms with Crippen LogP contribution in [0.15, 0.2) is 18.6 Å². The van der Waals surface area contributed by atoms with Gasteiger partial charge in [-0.25, -0.2) is 9.78 Å². The molecule has 0 atom stereocenters. The van der Waals surface area contributed by atoms with Crippen LogP contribution in [0.3, 0.4) is 0 Å². The quantitative estimate of drug-likeness (QED) is 0.859. The molecule has 122 valence electrons. The average Bonchev–Trinajstić information content (AvgIpc) is 2.89. The fourth-order valence-corrected chi connectivity index (χ4v) is 2.42. The van der Waals surface area contributed by atoms with E-state index in [1.54, 1.807) is 17.3 Å². The molecular formula is C15H20N6O2. The van der Waals surface area contributed by atoms with Gasteiger partial charge in [0.2, 0.25) is 0 Å². The number of ether oxygens (including phenoxy) is 1. The van der Waals surface area contributed by atoms with Gasteiger partial charge in [0.25, 0.3) is 0 Å². The summed E-state index contributed by atoms with van der Waals surface area (Å²) >= 11 is 0. The maximum Gasteiger partial charge on any atom is 0.410 e. The van der Waals surface area contributed by atoms with Gasteiger partial charge in [-0.2, -0.15) is 5.10 Å². The molecular weight excluding hydrogens is 296 g/mol. The zero-order valence-electron chi connectivity index (χ0n) is 13.5. The van der Waals surface area contributed by atoms with E-state index in [0.29, 0.717) is 31.1 Å². The van der Waals surface area contributed by atoms with Crippen LogP contribution in [0.25, 0.3) is 11.3 Å². The van der Waals surface area contributed by atoms with E-state index in [4.69, 9.17) is 10.5 Å². The molecule has 8 nitrogen and oxygen atoms in total.